The molecule has 2 amide bonds. The van der Waals surface area contributed by atoms with Crippen LogP contribution in [0.15, 0.2) is 40.7 Å². The number of nitrogens with one attached hydrogen (secondary N) is 1. The average molecular weight is 454 g/mol. The van der Waals surface area contributed by atoms with E-state index in [1.54, 1.807) is 37.4 Å². The highest BCUT2D eigenvalue weighted by Gasteiger charge is 2.18. The van der Waals surface area contributed by atoms with E-state index < -0.39 is 0 Å². The molecule has 5 nitrogen and oxygen atoms in total. The lowest BCUT2D eigenvalue weighted by atomic mass is 10.2. The van der Waals surface area contributed by atoms with Crippen LogP contribution in [0.5, 0.6) is 0 Å². The minimum absolute atomic E-state index is 0.0670. The molecule has 1 aromatic carbocycles. The molecule has 1 aromatic heterocycles. The molecule has 0 saturated heterocycles. The molecule has 2 rings (SSSR count). The van der Waals surface area contributed by atoms with Crippen LogP contribution in [0.2, 0.25) is 0 Å². The predicted octanol–water partition coefficient (Wildman–Crippen LogP) is 4.40. The van der Waals surface area contributed by atoms with Gasteiger partial charge in [-0.1, -0.05) is 35.9 Å². The fourth-order valence-electron chi connectivity index (χ4n) is 2.24. The first kappa shape index (κ1) is 21.2. The third-order valence-corrected chi connectivity index (χ3v) is 5.01. The fraction of sp³-hybridized carbons (Fsp3) is 0.316. The molecule has 0 aliphatic rings. The van der Waals surface area contributed by atoms with Crippen LogP contribution < -0.4 is 5.32 Å². The summed E-state index contributed by atoms with van der Waals surface area (Å²) >= 11 is 4.59. The van der Waals surface area contributed by atoms with Gasteiger partial charge in [0.25, 0.3) is 0 Å². The number of nitrogens with zero attached hydrogens (tertiary/aromatic N) is 2. The summed E-state index contributed by atoms with van der Waals surface area (Å²) in [6.45, 7) is 7.69. The Kier molecular flexibility index (Phi) is 7.67. The lowest BCUT2D eigenvalue weighted by molar-refractivity contribution is -0.130. The Bertz CT molecular complexity index is 838. The molecule has 1 heterocycles. The van der Waals surface area contributed by atoms with Crippen LogP contribution in [-0.4, -0.2) is 28.2 Å². The van der Waals surface area contributed by atoms with Crippen LogP contribution in [0, 0.1) is 11.7 Å². The third kappa shape index (κ3) is 6.25. The Balaban J connectivity index is 2.06. The Morgan fingerprint density at radius 2 is 2.19 bits per heavy atom. The van der Waals surface area contributed by atoms with Crippen molar-refractivity contribution in [3.05, 3.63) is 57.8 Å². The van der Waals surface area contributed by atoms with Gasteiger partial charge in [0.1, 0.15) is 5.82 Å². The van der Waals surface area contributed by atoms with E-state index in [1.807, 2.05) is 0 Å². The van der Waals surface area contributed by atoms with Gasteiger partial charge >= 0.3 is 0 Å². The molecule has 27 heavy (non-hydrogen) atoms. The molecule has 0 unspecified atom stereocenters. The molecule has 0 atom stereocenters. The monoisotopic (exact) mass is 453 g/mol. The van der Waals surface area contributed by atoms with Crippen LogP contribution in [0.25, 0.3) is 0 Å². The molecule has 144 valence electrons. The Morgan fingerprint density at radius 3 is 2.85 bits per heavy atom. The van der Waals surface area contributed by atoms with E-state index in [0.717, 1.165) is 4.47 Å². The molecule has 0 fully saturated rings. The number of benzene rings is 1. The van der Waals surface area contributed by atoms with Crippen molar-refractivity contribution in [1.82, 2.24) is 9.88 Å². The van der Waals surface area contributed by atoms with E-state index in [2.05, 4.69) is 32.8 Å². The maximum absolute atomic E-state index is 14.0. The van der Waals surface area contributed by atoms with Crippen molar-refractivity contribution < 1.29 is 14.0 Å². The van der Waals surface area contributed by atoms with E-state index in [4.69, 9.17) is 0 Å². The first-order valence-electron chi connectivity index (χ1n) is 8.38. The van der Waals surface area contributed by atoms with E-state index in [1.165, 1.54) is 22.3 Å². The number of thiazole rings is 1. The van der Waals surface area contributed by atoms with Crippen molar-refractivity contribution in [2.75, 3.05) is 11.9 Å². The van der Waals surface area contributed by atoms with E-state index in [9.17, 15) is 14.0 Å². The van der Waals surface area contributed by atoms with Gasteiger partial charge in [-0.25, -0.2) is 9.37 Å². The zero-order valence-corrected chi connectivity index (χ0v) is 17.6. The van der Waals surface area contributed by atoms with Gasteiger partial charge in [-0.2, -0.15) is 0 Å². The first-order valence-corrected chi connectivity index (χ1v) is 10.0. The van der Waals surface area contributed by atoms with Gasteiger partial charge < -0.3 is 10.2 Å². The molecule has 0 aliphatic heterocycles. The molecular formula is C19H21BrFN3O2S. The molecular weight excluding hydrogens is 433 g/mol. The summed E-state index contributed by atoms with van der Waals surface area (Å²) in [6, 6.07) is 4.63. The van der Waals surface area contributed by atoms with Crippen LogP contribution >= 0.6 is 27.3 Å². The number of aromatic nitrogens is 1. The van der Waals surface area contributed by atoms with E-state index in [-0.39, 0.29) is 36.5 Å². The standard InChI is InChI=1S/C19H21BrFN3O2S/c1-4-7-24(10-13-8-14(20)5-6-16(13)21)17(25)9-15-11-27-19(22-15)23-18(26)12(2)3/h4-6,8,11-12H,1,7,9-10H2,2-3H3,(H,22,23,26). The number of hydrogen-bond donors (Lipinski definition) is 1. The van der Waals surface area contributed by atoms with Crippen molar-refractivity contribution in [1.29, 1.82) is 0 Å². The number of hydrogen-bond acceptors (Lipinski definition) is 4. The molecule has 0 bridgehead atoms. The van der Waals surface area contributed by atoms with E-state index in [0.29, 0.717) is 22.9 Å². The van der Waals surface area contributed by atoms with Gasteiger partial charge in [0.15, 0.2) is 5.13 Å². The Hall–Kier alpha value is -2.06. The molecule has 1 N–H and O–H groups in total. The van der Waals surface area contributed by atoms with Crippen LogP contribution in [0.3, 0.4) is 0 Å². The minimum Gasteiger partial charge on any atom is -0.334 e. The van der Waals surface area contributed by atoms with Crippen LogP contribution in [0.1, 0.15) is 25.1 Å². The molecule has 0 aliphatic carbocycles. The highest BCUT2D eigenvalue weighted by molar-refractivity contribution is 9.10. The van der Waals surface area contributed by atoms with Crippen LogP contribution in [-0.2, 0) is 22.6 Å². The number of amides is 2. The quantitative estimate of drug-likeness (QED) is 0.602. The van der Waals surface area contributed by atoms with Gasteiger partial charge in [0.05, 0.1) is 12.1 Å². The van der Waals surface area contributed by atoms with Crippen molar-refractivity contribution in [3.8, 4) is 0 Å². The van der Waals surface area contributed by atoms with Gasteiger partial charge in [0, 0.05) is 34.4 Å². The highest BCUT2D eigenvalue weighted by Crippen LogP contribution is 2.20. The summed E-state index contributed by atoms with van der Waals surface area (Å²) in [4.78, 5) is 30.2. The topological polar surface area (TPSA) is 62.3 Å². The summed E-state index contributed by atoms with van der Waals surface area (Å²) in [5.74, 6) is -0.837. The molecule has 0 spiro atoms. The van der Waals surface area contributed by atoms with Crippen molar-refractivity contribution in [2.24, 2.45) is 5.92 Å². The second kappa shape index (κ2) is 9.75. The first-order chi connectivity index (χ1) is 12.8. The van der Waals surface area contributed by atoms with Crippen molar-refractivity contribution in [3.63, 3.8) is 0 Å². The summed E-state index contributed by atoms with van der Waals surface area (Å²) in [5.41, 5.74) is 0.982. The Labute approximate surface area is 170 Å². The lowest BCUT2D eigenvalue weighted by Gasteiger charge is -2.21. The van der Waals surface area contributed by atoms with Gasteiger partial charge in [-0.15, -0.1) is 17.9 Å². The fourth-order valence-corrected chi connectivity index (χ4v) is 3.36. The SMILES string of the molecule is C=CCN(Cc1cc(Br)ccc1F)C(=O)Cc1csc(NC(=O)C(C)C)n1. The number of carbonyl (C=O) groups excluding carboxylic acids is 2. The normalized spacial score (nSPS) is 10.7. The van der Waals surface area contributed by atoms with Crippen LogP contribution in [0.4, 0.5) is 9.52 Å². The Morgan fingerprint density at radius 1 is 1.44 bits per heavy atom. The van der Waals surface area contributed by atoms with E-state index >= 15 is 0 Å². The molecule has 0 radical (unpaired) electrons. The second-order valence-corrected chi connectivity index (χ2v) is 8.04. The van der Waals surface area contributed by atoms with Crippen molar-refractivity contribution >= 4 is 44.2 Å². The number of anilines is 1. The summed E-state index contributed by atoms with van der Waals surface area (Å²) < 4.78 is 14.8. The zero-order valence-electron chi connectivity index (χ0n) is 15.2. The summed E-state index contributed by atoms with van der Waals surface area (Å²) in [7, 11) is 0. The summed E-state index contributed by atoms with van der Waals surface area (Å²) in [6.07, 6.45) is 1.67. The largest absolute Gasteiger partial charge is 0.334 e. The average Bonchev–Trinajstić information content (AvgIpc) is 3.04. The highest BCUT2D eigenvalue weighted by atomic mass is 79.9. The lowest BCUT2D eigenvalue weighted by Crippen LogP contribution is -2.32. The molecule has 0 saturated carbocycles. The van der Waals surface area contributed by atoms with Crippen molar-refractivity contribution in [2.45, 2.75) is 26.8 Å². The zero-order chi connectivity index (χ0) is 20.0. The number of carbonyl (C=O) groups is 2. The maximum atomic E-state index is 14.0. The maximum Gasteiger partial charge on any atom is 0.229 e. The molecule has 8 heteroatoms. The number of rotatable bonds is 8. The predicted molar refractivity (Wildman–Crippen MR) is 109 cm³/mol. The third-order valence-electron chi connectivity index (χ3n) is 3.71. The van der Waals surface area contributed by atoms with Gasteiger partial charge in [0.2, 0.25) is 11.8 Å². The summed E-state index contributed by atoms with van der Waals surface area (Å²) in [5, 5.41) is 4.91. The number of halogens is 2. The van der Waals surface area contributed by atoms with Gasteiger partial charge in [-0.05, 0) is 18.2 Å². The van der Waals surface area contributed by atoms with Gasteiger partial charge in [-0.3, -0.25) is 9.59 Å². The second-order valence-electron chi connectivity index (χ2n) is 6.26. The molecule has 2 aromatic rings. The minimum atomic E-state index is -0.368. The smallest absolute Gasteiger partial charge is 0.229 e.